The third kappa shape index (κ3) is 2.63. The number of hydrogen-bond donors (Lipinski definition) is 1. The van der Waals surface area contributed by atoms with Gasteiger partial charge in [-0.3, -0.25) is 4.40 Å². The highest BCUT2D eigenvalue weighted by Crippen LogP contribution is 2.32. The normalized spacial score (nSPS) is 12.0. The number of anilines is 1. The van der Waals surface area contributed by atoms with Crippen molar-refractivity contribution in [3.63, 3.8) is 0 Å². The van der Waals surface area contributed by atoms with Crippen LogP contribution in [0.1, 0.15) is 5.56 Å². The molecule has 25 heavy (non-hydrogen) atoms. The Bertz CT molecular complexity index is 1230. The Balaban J connectivity index is 2.10. The highest BCUT2D eigenvalue weighted by Gasteiger charge is 2.15. The van der Waals surface area contributed by atoms with Crippen LogP contribution in [0.4, 0.5) is 11.5 Å². The van der Waals surface area contributed by atoms with Crippen LogP contribution in [0, 0.1) is 11.3 Å². The first-order valence-corrected chi connectivity index (χ1v) is 8.75. The van der Waals surface area contributed by atoms with Crippen LogP contribution in [0.25, 0.3) is 15.2 Å². The van der Waals surface area contributed by atoms with Crippen molar-refractivity contribution in [2.75, 3.05) is 5.73 Å². The quantitative estimate of drug-likeness (QED) is 0.522. The molecule has 0 aliphatic heterocycles. The Hall–Kier alpha value is -2.59. The second kappa shape index (κ2) is 6.05. The van der Waals surface area contributed by atoms with E-state index in [0.717, 1.165) is 10.2 Å². The van der Waals surface area contributed by atoms with Gasteiger partial charge in [0.2, 0.25) is 0 Å². The Morgan fingerprint density at radius 3 is 2.64 bits per heavy atom. The summed E-state index contributed by atoms with van der Waals surface area (Å²) >= 11 is 13.6. The van der Waals surface area contributed by atoms with Crippen molar-refractivity contribution in [2.24, 2.45) is 4.99 Å². The molecule has 4 rings (SSSR count). The molecule has 0 aliphatic rings. The van der Waals surface area contributed by atoms with Gasteiger partial charge in [0.25, 0.3) is 0 Å². The maximum atomic E-state index is 9.57. The topological polar surface area (TPSA) is 79.5 Å². The lowest BCUT2D eigenvalue weighted by molar-refractivity contribution is 1.09. The van der Waals surface area contributed by atoms with Crippen molar-refractivity contribution in [3.8, 4) is 6.07 Å². The molecule has 0 atom stereocenters. The van der Waals surface area contributed by atoms with E-state index in [-0.39, 0.29) is 16.9 Å². The lowest BCUT2D eigenvalue weighted by Gasteiger charge is -2.05. The van der Waals surface area contributed by atoms with Gasteiger partial charge in [-0.2, -0.15) is 10.2 Å². The van der Waals surface area contributed by atoms with Gasteiger partial charge in [0.05, 0.1) is 20.9 Å². The highest BCUT2D eigenvalue weighted by atomic mass is 35.5. The van der Waals surface area contributed by atoms with Crippen LogP contribution in [-0.4, -0.2) is 9.38 Å². The van der Waals surface area contributed by atoms with E-state index in [1.165, 1.54) is 11.3 Å². The predicted molar refractivity (Wildman–Crippen MR) is 101 cm³/mol. The third-order valence-electron chi connectivity index (χ3n) is 3.66. The van der Waals surface area contributed by atoms with Crippen LogP contribution < -0.4 is 11.2 Å². The number of halogens is 2. The molecular formula is C17H9Cl2N5S. The van der Waals surface area contributed by atoms with E-state index in [9.17, 15) is 5.26 Å². The Morgan fingerprint density at radius 2 is 1.92 bits per heavy atom. The first-order valence-electron chi connectivity index (χ1n) is 7.18. The van der Waals surface area contributed by atoms with Gasteiger partial charge in [-0.1, -0.05) is 40.6 Å². The molecule has 2 heterocycles. The Kier molecular flexibility index (Phi) is 3.85. The molecular weight excluding hydrogens is 377 g/mol. The van der Waals surface area contributed by atoms with Gasteiger partial charge >= 0.3 is 0 Å². The summed E-state index contributed by atoms with van der Waals surface area (Å²) in [5.74, 6) is 0.263. The fourth-order valence-corrected chi connectivity index (χ4v) is 4.03. The average Bonchev–Trinajstić information content (AvgIpc) is 2.97. The second-order valence-corrected chi connectivity index (χ2v) is 7.06. The highest BCUT2D eigenvalue weighted by molar-refractivity contribution is 7.23. The van der Waals surface area contributed by atoms with E-state index >= 15 is 0 Å². The van der Waals surface area contributed by atoms with Crippen LogP contribution in [0.3, 0.4) is 0 Å². The van der Waals surface area contributed by atoms with E-state index in [1.54, 1.807) is 34.7 Å². The molecule has 4 aromatic rings. The summed E-state index contributed by atoms with van der Waals surface area (Å²) in [6.07, 6.45) is 0. The lowest BCUT2D eigenvalue weighted by Crippen LogP contribution is -2.18. The van der Waals surface area contributed by atoms with E-state index in [2.05, 4.69) is 16.0 Å². The molecule has 0 amide bonds. The SMILES string of the molecule is N#Cc1c(N)n2c(nc1=Nc1ccc(Cl)cc1)sc1cccc(Cl)c12. The van der Waals surface area contributed by atoms with Crippen molar-refractivity contribution in [2.45, 2.75) is 0 Å². The van der Waals surface area contributed by atoms with E-state index in [1.807, 2.05) is 12.1 Å². The number of hydrogen-bond acceptors (Lipinski definition) is 5. The standard InChI is InChI=1S/C17H9Cl2N5S/c18-9-4-6-10(7-5-9)22-16-11(8-20)15(21)24-14-12(19)2-1-3-13(14)25-17(24)23-16/h1-7H,21H2. The van der Waals surface area contributed by atoms with E-state index in [4.69, 9.17) is 28.9 Å². The summed E-state index contributed by atoms with van der Waals surface area (Å²) < 4.78 is 2.63. The zero-order valence-electron chi connectivity index (χ0n) is 12.6. The first-order chi connectivity index (χ1) is 12.1. The molecule has 122 valence electrons. The number of nitrogen functional groups attached to an aromatic ring is 1. The molecule has 0 unspecified atom stereocenters. The number of fused-ring (bicyclic) bond motifs is 3. The van der Waals surface area contributed by atoms with Gasteiger partial charge in [-0.15, -0.1) is 0 Å². The van der Waals surface area contributed by atoms with Crippen LogP contribution >= 0.6 is 34.5 Å². The summed E-state index contributed by atoms with van der Waals surface area (Å²) in [4.78, 5) is 9.59. The van der Waals surface area contributed by atoms with Gasteiger partial charge in [0.1, 0.15) is 17.5 Å². The maximum Gasteiger partial charge on any atom is 0.198 e. The van der Waals surface area contributed by atoms with Crippen molar-refractivity contribution in [3.05, 3.63) is 63.6 Å². The van der Waals surface area contributed by atoms with Gasteiger partial charge in [-0.05, 0) is 36.4 Å². The lowest BCUT2D eigenvalue weighted by atomic mass is 10.3. The van der Waals surface area contributed by atoms with Crippen molar-refractivity contribution < 1.29 is 0 Å². The fraction of sp³-hybridized carbons (Fsp3) is 0. The Morgan fingerprint density at radius 1 is 1.16 bits per heavy atom. The third-order valence-corrected chi connectivity index (χ3v) is 5.22. The number of rotatable bonds is 1. The summed E-state index contributed by atoms with van der Waals surface area (Å²) in [6, 6.07) is 14.6. The van der Waals surface area contributed by atoms with Gasteiger partial charge < -0.3 is 5.73 Å². The van der Waals surface area contributed by atoms with Crippen LogP contribution in [0.2, 0.25) is 10.0 Å². The molecule has 0 aliphatic carbocycles. The number of thiazole rings is 1. The summed E-state index contributed by atoms with van der Waals surface area (Å²) in [5.41, 5.74) is 8.10. The molecule has 0 bridgehead atoms. The number of nitrogens with zero attached hydrogens (tertiary/aromatic N) is 4. The molecule has 0 radical (unpaired) electrons. The smallest absolute Gasteiger partial charge is 0.198 e. The van der Waals surface area contributed by atoms with Gasteiger partial charge in [0, 0.05) is 5.02 Å². The minimum absolute atomic E-state index is 0.201. The van der Waals surface area contributed by atoms with E-state index in [0.29, 0.717) is 20.7 Å². The molecule has 0 fully saturated rings. The average molecular weight is 386 g/mol. The molecule has 0 spiro atoms. The minimum Gasteiger partial charge on any atom is -0.384 e. The number of nitrogens with two attached hydrogens (primary N) is 1. The summed E-state index contributed by atoms with van der Waals surface area (Å²) in [5, 5.41) is 10.7. The predicted octanol–water partition coefficient (Wildman–Crippen LogP) is 4.54. The molecule has 8 heteroatoms. The monoisotopic (exact) mass is 385 g/mol. The minimum atomic E-state index is 0.201. The van der Waals surface area contributed by atoms with Crippen LogP contribution in [0.5, 0.6) is 0 Å². The van der Waals surface area contributed by atoms with Crippen LogP contribution in [-0.2, 0) is 0 Å². The number of benzene rings is 2. The first kappa shape index (κ1) is 15.9. The van der Waals surface area contributed by atoms with Crippen molar-refractivity contribution in [1.29, 1.82) is 5.26 Å². The molecule has 0 saturated carbocycles. The summed E-state index contributed by atoms with van der Waals surface area (Å²) in [7, 11) is 0. The molecule has 2 N–H and O–H groups in total. The molecule has 5 nitrogen and oxygen atoms in total. The number of aromatic nitrogens is 2. The largest absolute Gasteiger partial charge is 0.384 e. The maximum absolute atomic E-state index is 9.57. The second-order valence-electron chi connectivity index (χ2n) is 5.20. The van der Waals surface area contributed by atoms with Crippen LogP contribution in [0.15, 0.2) is 47.5 Å². The van der Waals surface area contributed by atoms with Crippen molar-refractivity contribution >= 4 is 61.2 Å². The Labute approximate surface area is 156 Å². The van der Waals surface area contributed by atoms with Gasteiger partial charge in [0.15, 0.2) is 10.4 Å². The summed E-state index contributed by atoms with van der Waals surface area (Å²) in [6.45, 7) is 0. The van der Waals surface area contributed by atoms with Crippen molar-refractivity contribution in [1.82, 2.24) is 9.38 Å². The number of para-hydroxylation sites is 1. The van der Waals surface area contributed by atoms with E-state index < -0.39 is 0 Å². The molecule has 2 aromatic carbocycles. The zero-order valence-corrected chi connectivity index (χ0v) is 14.9. The molecule has 2 aromatic heterocycles. The van der Waals surface area contributed by atoms with Gasteiger partial charge in [-0.25, -0.2) is 4.99 Å². The fourth-order valence-electron chi connectivity index (χ4n) is 2.53. The zero-order chi connectivity index (χ0) is 17.6. The number of nitriles is 1. The molecule has 0 saturated heterocycles.